The molecule has 0 heterocycles. The van der Waals surface area contributed by atoms with Crippen molar-refractivity contribution in [1.29, 1.82) is 0 Å². The van der Waals surface area contributed by atoms with Gasteiger partial charge >= 0.3 is 11.9 Å². The Morgan fingerprint density at radius 2 is 1.56 bits per heavy atom. The molecule has 0 spiro atoms. The van der Waals surface area contributed by atoms with Crippen LogP contribution in [-0.2, 0) is 19.0 Å². The van der Waals surface area contributed by atoms with E-state index in [0.29, 0.717) is 12.2 Å². The van der Waals surface area contributed by atoms with Crippen LogP contribution >= 0.6 is 0 Å². The first kappa shape index (κ1) is 14.2. The monoisotopic (exact) mass is 252 g/mol. The number of rotatable bonds is 7. The van der Waals surface area contributed by atoms with Gasteiger partial charge in [0.2, 0.25) is 0 Å². The number of benzene rings is 1. The Balaban J connectivity index is 2.05. The molecule has 1 rings (SSSR count). The number of hydrogen-bond acceptors (Lipinski definition) is 5. The second-order valence-electron chi connectivity index (χ2n) is 3.45. The average molecular weight is 252 g/mol. The highest BCUT2D eigenvalue weighted by Gasteiger charge is 2.04. The van der Waals surface area contributed by atoms with Crippen molar-refractivity contribution < 1.29 is 23.8 Å². The number of esters is 2. The molecule has 0 saturated heterocycles. The molecule has 0 aliphatic carbocycles. The van der Waals surface area contributed by atoms with Crippen molar-refractivity contribution in [2.24, 2.45) is 0 Å². The molecular weight excluding hydrogens is 236 g/mol. The summed E-state index contributed by atoms with van der Waals surface area (Å²) in [5, 5.41) is 0. The molecule has 0 fully saturated rings. The Morgan fingerprint density at radius 3 is 2.17 bits per heavy atom. The van der Waals surface area contributed by atoms with E-state index in [1.165, 1.54) is 6.92 Å². The first-order valence-electron chi connectivity index (χ1n) is 5.63. The van der Waals surface area contributed by atoms with Crippen molar-refractivity contribution in [2.75, 3.05) is 26.4 Å². The molecule has 0 bridgehead atoms. The minimum atomic E-state index is -0.376. The molecule has 0 aliphatic heterocycles. The molecule has 5 heteroatoms. The van der Waals surface area contributed by atoms with Crippen LogP contribution in [0.5, 0.6) is 0 Å². The Bertz CT molecular complexity index is 374. The summed E-state index contributed by atoms with van der Waals surface area (Å²) in [6, 6.07) is 8.74. The van der Waals surface area contributed by atoms with Crippen molar-refractivity contribution in [3.8, 4) is 0 Å². The highest BCUT2D eigenvalue weighted by atomic mass is 16.6. The molecule has 5 nitrogen and oxygen atoms in total. The van der Waals surface area contributed by atoms with Crippen molar-refractivity contribution >= 4 is 11.9 Å². The van der Waals surface area contributed by atoms with Crippen molar-refractivity contribution in [3.63, 3.8) is 0 Å². The van der Waals surface area contributed by atoms with Gasteiger partial charge in [0.1, 0.15) is 13.2 Å². The molecule has 1 aromatic carbocycles. The predicted molar refractivity (Wildman–Crippen MR) is 64.2 cm³/mol. The number of hydrogen-bond donors (Lipinski definition) is 0. The van der Waals surface area contributed by atoms with Crippen LogP contribution in [0.3, 0.4) is 0 Å². The normalized spacial score (nSPS) is 9.83. The van der Waals surface area contributed by atoms with Crippen LogP contribution in [-0.4, -0.2) is 38.4 Å². The summed E-state index contributed by atoms with van der Waals surface area (Å²) >= 11 is 0. The van der Waals surface area contributed by atoms with Crippen LogP contribution < -0.4 is 0 Å². The highest BCUT2D eigenvalue weighted by Crippen LogP contribution is 2.00. The average Bonchev–Trinajstić information content (AvgIpc) is 2.38. The van der Waals surface area contributed by atoms with Gasteiger partial charge in [-0.15, -0.1) is 0 Å². The van der Waals surface area contributed by atoms with Crippen LogP contribution in [0, 0.1) is 0 Å². The van der Waals surface area contributed by atoms with Crippen molar-refractivity contribution in [1.82, 2.24) is 0 Å². The van der Waals surface area contributed by atoms with Gasteiger partial charge in [0, 0.05) is 6.92 Å². The fourth-order valence-electron chi connectivity index (χ4n) is 1.20. The molecule has 0 N–H and O–H groups in total. The molecule has 0 unspecified atom stereocenters. The van der Waals surface area contributed by atoms with E-state index in [2.05, 4.69) is 4.74 Å². The third kappa shape index (κ3) is 6.00. The molecule has 0 amide bonds. The van der Waals surface area contributed by atoms with Crippen molar-refractivity contribution in [3.05, 3.63) is 35.9 Å². The number of carbonyl (C=O) groups is 2. The minimum absolute atomic E-state index is 0.174. The minimum Gasteiger partial charge on any atom is -0.463 e. The van der Waals surface area contributed by atoms with E-state index in [1.54, 1.807) is 24.3 Å². The van der Waals surface area contributed by atoms with Gasteiger partial charge in [-0.2, -0.15) is 0 Å². The van der Waals surface area contributed by atoms with Gasteiger partial charge in [-0.1, -0.05) is 18.2 Å². The zero-order chi connectivity index (χ0) is 13.2. The topological polar surface area (TPSA) is 61.8 Å². The first-order valence-corrected chi connectivity index (χ1v) is 5.63. The number of ether oxygens (including phenoxy) is 3. The number of carbonyl (C=O) groups excluding carboxylic acids is 2. The Kier molecular flexibility index (Phi) is 6.50. The molecular formula is C13H16O5. The largest absolute Gasteiger partial charge is 0.463 e. The molecule has 0 radical (unpaired) electrons. The fourth-order valence-corrected chi connectivity index (χ4v) is 1.20. The van der Waals surface area contributed by atoms with Crippen LogP contribution in [0.2, 0.25) is 0 Å². The summed E-state index contributed by atoms with van der Waals surface area (Å²) in [6.07, 6.45) is 0. The van der Waals surface area contributed by atoms with Gasteiger partial charge in [0.05, 0.1) is 18.8 Å². The van der Waals surface area contributed by atoms with E-state index in [0.717, 1.165) is 0 Å². The Hall–Kier alpha value is -1.88. The lowest BCUT2D eigenvalue weighted by Gasteiger charge is -2.06. The lowest BCUT2D eigenvalue weighted by atomic mass is 10.2. The summed E-state index contributed by atoms with van der Waals surface area (Å²) in [5.74, 6) is -0.715. The van der Waals surface area contributed by atoms with Crippen LogP contribution in [0.1, 0.15) is 17.3 Å². The SMILES string of the molecule is CC(=O)OCCOCCOC(=O)c1ccccc1. The predicted octanol–water partition coefficient (Wildman–Crippen LogP) is 1.42. The third-order valence-electron chi connectivity index (χ3n) is 2.00. The standard InChI is InChI=1S/C13H16O5/c1-11(14)17-9-7-16-8-10-18-13(15)12-5-3-2-4-6-12/h2-6H,7-10H2,1H3. The summed E-state index contributed by atoms with van der Waals surface area (Å²) in [4.78, 5) is 21.9. The Labute approximate surface area is 106 Å². The molecule has 0 aliphatic rings. The van der Waals surface area contributed by atoms with E-state index in [9.17, 15) is 9.59 Å². The van der Waals surface area contributed by atoms with Gasteiger partial charge in [-0.05, 0) is 12.1 Å². The van der Waals surface area contributed by atoms with E-state index < -0.39 is 0 Å². The maximum Gasteiger partial charge on any atom is 0.338 e. The zero-order valence-electron chi connectivity index (χ0n) is 10.3. The quantitative estimate of drug-likeness (QED) is 0.542. The van der Waals surface area contributed by atoms with Crippen LogP contribution in [0.25, 0.3) is 0 Å². The molecule has 0 saturated carbocycles. The van der Waals surface area contributed by atoms with E-state index >= 15 is 0 Å². The van der Waals surface area contributed by atoms with Gasteiger partial charge in [0.15, 0.2) is 0 Å². The molecule has 0 atom stereocenters. The van der Waals surface area contributed by atoms with E-state index in [1.807, 2.05) is 6.07 Å². The zero-order valence-corrected chi connectivity index (χ0v) is 10.3. The third-order valence-corrected chi connectivity index (χ3v) is 2.00. The Morgan fingerprint density at radius 1 is 0.944 bits per heavy atom. The van der Waals surface area contributed by atoms with Gasteiger partial charge in [-0.3, -0.25) is 4.79 Å². The maximum absolute atomic E-state index is 11.5. The molecule has 98 valence electrons. The second-order valence-corrected chi connectivity index (χ2v) is 3.45. The van der Waals surface area contributed by atoms with Gasteiger partial charge in [-0.25, -0.2) is 4.79 Å². The van der Waals surface area contributed by atoms with Crippen LogP contribution in [0.15, 0.2) is 30.3 Å². The van der Waals surface area contributed by atoms with Gasteiger partial charge in [0.25, 0.3) is 0 Å². The lowest BCUT2D eigenvalue weighted by molar-refractivity contribution is -0.142. The molecule has 1 aromatic rings. The maximum atomic E-state index is 11.5. The van der Waals surface area contributed by atoms with Gasteiger partial charge < -0.3 is 14.2 Å². The smallest absolute Gasteiger partial charge is 0.338 e. The summed E-state index contributed by atoms with van der Waals surface area (Å²) < 4.78 is 14.8. The molecule has 18 heavy (non-hydrogen) atoms. The first-order chi connectivity index (χ1) is 8.70. The summed E-state index contributed by atoms with van der Waals surface area (Å²) in [6.45, 7) is 2.29. The van der Waals surface area contributed by atoms with E-state index in [-0.39, 0.29) is 31.8 Å². The van der Waals surface area contributed by atoms with Crippen molar-refractivity contribution in [2.45, 2.75) is 6.92 Å². The molecule has 0 aromatic heterocycles. The second kappa shape index (κ2) is 8.25. The summed E-state index contributed by atoms with van der Waals surface area (Å²) in [7, 11) is 0. The fraction of sp³-hybridized carbons (Fsp3) is 0.385. The van der Waals surface area contributed by atoms with E-state index in [4.69, 9.17) is 9.47 Å². The van der Waals surface area contributed by atoms with Crippen LogP contribution in [0.4, 0.5) is 0 Å². The highest BCUT2D eigenvalue weighted by molar-refractivity contribution is 5.89. The lowest BCUT2D eigenvalue weighted by Crippen LogP contribution is -2.13. The summed E-state index contributed by atoms with van der Waals surface area (Å²) in [5.41, 5.74) is 0.511.